The molecule has 0 radical (unpaired) electrons. The molecule has 1 unspecified atom stereocenters. The first-order chi connectivity index (χ1) is 16.0. The van der Waals surface area contributed by atoms with Crippen molar-refractivity contribution in [2.75, 3.05) is 5.32 Å². The monoisotopic (exact) mass is 441 g/mol. The second kappa shape index (κ2) is 8.50. The van der Waals surface area contributed by atoms with Gasteiger partial charge in [0.05, 0.1) is 18.2 Å². The van der Waals surface area contributed by atoms with Gasteiger partial charge in [-0.1, -0.05) is 48.5 Å². The van der Waals surface area contributed by atoms with E-state index in [-0.39, 0.29) is 36.5 Å². The third kappa shape index (κ3) is 3.98. The first-order valence-corrected chi connectivity index (χ1v) is 11.0. The molecule has 166 valence electrons. The normalized spacial score (nSPS) is 17.9. The summed E-state index contributed by atoms with van der Waals surface area (Å²) in [7, 11) is 0. The number of carbonyl (C=O) groups is 4. The number of urea groups is 1. The van der Waals surface area contributed by atoms with Gasteiger partial charge >= 0.3 is 6.03 Å². The third-order valence-electron chi connectivity index (χ3n) is 6.39. The highest BCUT2D eigenvalue weighted by Gasteiger charge is 2.39. The molecule has 1 saturated carbocycles. The van der Waals surface area contributed by atoms with Crippen LogP contribution in [0.4, 0.5) is 10.5 Å². The number of carbonyl (C=O) groups excluding carboxylic acids is 4. The quantitative estimate of drug-likeness (QED) is 0.602. The van der Waals surface area contributed by atoms with Crippen molar-refractivity contribution in [1.82, 2.24) is 10.2 Å². The van der Waals surface area contributed by atoms with E-state index >= 15 is 0 Å². The Morgan fingerprint density at radius 3 is 2.61 bits per heavy atom. The minimum atomic E-state index is -0.557. The molecule has 0 bridgehead atoms. The van der Waals surface area contributed by atoms with E-state index in [1.54, 1.807) is 17.0 Å². The lowest BCUT2D eigenvalue weighted by Gasteiger charge is -2.29. The summed E-state index contributed by atoms with van der Waals surface area (Å²) in [6.45, 7) is 0.555. The summed E-state index contributed by atoms with van der Waals surface area (Å²) in [5, 5.41) is 7.76. The number of amides is 3. The Balaban J connectivity index is 1.29. The minimum absolute atomic E-state index is 0.0671. The van der Waals surface area contributed by atoms with Gasteiger partial charge in [0.15, 0.2) is 5.78 Å². The lowest BCUT2D eigenvalue weighted by atomic mass is 9.92. The van der Waals surface area contributed by atoms with E-state index in [2.05, 4.69) is 10.6 Å². The smallest absolute Gasteiger partial charge is 0.319 e. The fraction of sp³-hybridized carbons (Fsp3) is 0.231. The van der Waals surface area contributed by atoms with Gasteiger partial charge in [0, 0.05) is 30.5 Å². The molecule has 1 atom stereocenters. The molecular weight excluding hydrogens is 418 g/mol. The van der Waals surface area contributed by atoms with Crippen LogP contribution in [0.15, 0.2) is 60.7 Å². The highest BCUT2D eigenvalue weighted by molar-refractivity contribution is 6.07. The Kier molecular flexibility index (Phi) is 5.38. The van der Waals surface area contributed by atoms with E-state index in [1.165, 1.54) is 0 Å². The molecule has 3 aromatic carbocycles. The highest BCUT2D eigenvalue weighted by Crippen LogP contribution is 2.31. The number of Topliss-reactive ketones (excluding diaryl/α,β-unsaturated/α-hetero) is 2. The number of fused-ring (bicyclic) bond motifs is 2. The maximum Gasteiger partial charge on any atom is 0.319 e. The summed E-state index contributed by atoms with van der Waals surface area (Å²) in [4.78, 5) is 51.1. The summed E-state index contributed by atoms with van der Waals surface area (Å²) in [5.41, 5.74) is 2.91. The van der Waals surface area contributed by atoms with E-state index in [9.17, 15) is 19.2 Å². The number of rotatable bonds is 4. The van der Waals surface area contributed by atoms with Crippen molar-refractivity contribution in [3.05, 3.63) is 77.4 Å². The molecule has 3 aromatic rings. The molecule has 3 amide bonds. The number of benzene rings is 3. The number of nitrogens with zero attached hydrogens (tertiary/aromatic N) is 1. The van der Waals surface area contributed by atoms with Crippen LogP contribution in [-0.4, -0.2) is 34.4 Å². The molecule has 5 rings (SSSR count). The first kappa shape index (κ1) is 20.9. The maximum atomic E-state index is 13.0. The first-order valence-electron chi connectivity index (χ1n) is 11.0. The second-order valence-corrected chi connectivity index (χ2v) is 8.45. The standard InChI is InChI=1S/C26H23N3O4/c30-18-11-12-23(24(31)13-18)29-15-21-17(7-3-9-20(21)25(29)32)14-27-26(33)28-22-10-4-6-16-5-1-2-8-19(16)22/h1-10,23H,11-15H2,(H2,27,28,33). The second-order valence-electron chi connectivity index (χ2n) is 8.45. The predicted molar refractivity (Wildman–Crippen MR) is 124 cm³/mol. The lowest BCUT2D eigenvalue weighted by Crippen LogP contribution is -2.44. The van der Waals surface area contributed by atoms with Crippen molar-refractivity contribution in [2.24, 2.45) is 0 Å². The highest BCUT2D eigenvalue weighted by atomic mass is 16.2. The molecule has 0 spiro atoms. The van der Waals surface area contributed by atoms with Crippen LogP contribution in [0.25, 0.3) is 10.8 Å². The molecule has 7 nitrogen and oxygen atoms in total. The SMILES string of the molecule is O=C1CCC(N2Cc3c(CNC(=O)Nc4cccc5ccccc45)cccc3C2=O)C(=O)C1. The van der Waals surface area contributed by atoms with Gasteiger partial charge in [0.1, 0.15) is 5.78 Å². The van der Waals surface area contributed by atoms with Crippen LogP contribution in [0.1, 0.15) is 40.7 Å². The van der Waals surface area contributed by atoms with Crippen molar-refractivity contribution in [3.8, 4) is 0 Å². The van der Waals surface area contributed by atoms with Gasteiger partial charge in [-0.3, -0.25) is 14.4 Å². The fourth-order valence-electron chi connectivity index (χ4n) is 4.70. The number of hydrogen-bond acceptors (Lipinski definition) is 4. The van der Waals surface area contributed by atoms with E-state index in [4.69, 9.17) is 0 Å². The Morgan fingerprint density at radius 1 is 0.970 bits per heavy atom. The molecule has 7 heteroatoms. The number of anilines is 1. The molecule has 0 aromatic heterocycles. The molecular formula is C26H23N3O4. The van der Waals surface area contributed by atoms with Gasteiger partial charge in [-0.05, 0) is 35.1 Å². The van der Waals surface area contributed by atoms with Crippen LogP contribution in [0.3, 0.4) is 0 Å². The third-order valence-corrected chi connectivity index (χ3v) is 6.39. The van der Waals surface area contributed by atoms with Crippen molar-refractivity contribution >= 4 is 40.0 Å². The predicted octanol–water partition coefficient (Wildman–Crippen LogP) is 3.81. The van der Waals surface area contributed by atoms with E-state index in [0.717, 1.165) is 27.6 Å². The van der Waals surface area contributed by atoms with Crippen molar-refractivity contribution in [2.45, 2.75) is 38.4 Å². The summed E-state index contributed by atoms with van der Waals surface area (Å²) in [5.74, 6) is -0.455. The van der Waals surface area contributed by atoms with Crippen LogP contribution < -0.4 is 10.6 Å². The number of hydrogen-bond donors (Lipinski definition) is 2. The number of ketones is 2. The molecule has 0 saturated heterocycles. The van der Waals surface area contributed by atoms with Crippen molar-refractivity contribution in [1.29, 1.82) is 0 Å². The van der Waals surface area contributed by atoms with Crippen molar-refractivity contribution in [3.63, 3.8) is 0 Å². The maximum absolute atomic E-state index is 13.0. The van der Waals surface area contributed by atoms with Gasteiger partial charge in [0.25, 0.3) is 5.91 Å². The molecule has 1 aliphatic carbocycles. The lowest BCUT2D eigenvalue weighted by molar-refractivity contribution is -0.133. The fourth-order valence-corrected chi connectivity index (χ4v) is 4.70. The summed E-state index contributed by atoms with van der Waals surface area (Å²) < 4.78 is 0. The van der Waals surface area contributed by atoms with E-state index in [0.29, 0.717) is 24.9 Å². The summed E-state index contributed by atoms with van der Waals surface area (Å²) >= 11 is 0. The molecule has 33 heavy (non-hydrogen) atoms. The number of nitrogens with one attached hydrogen (secondary N) is 2. The largest absolute Gasteiger partial charge is 0.334 e. The Morgan fingerprint density at radius 2 is 1.76 bits per heavy atom. The van der Waals surface area contributed by atoms with Crippen molar-refractivity contribution < 1.29 is 19.2 Å². The summed E-state index contributed by atoms with van der Waals surface area (Å²) in [6.07, 6.45) is 0.589. The van der Waals surface area contributed by atoms with Crippen LogP contribution in [-0.2, 0) is 22.7 Å². The molecule has 2 aliphatic rings. The van der Waals surface area contributed by atoms with Gasteiger partial charge in [-0.2, -0.15) is 0 Å². The molecule has 1 heterocycles. The van der Waals surface area contributed by atoms with Gasteiger partial charge in [-0.25, -0.2) is 4.79 Å². The van der Waals surface area contributed by atoms with E-state index in [1.807, 2.05) is 48.5 Å². The average Bonchev–Trinajstić information content (AvgIpc) is 3.15. The zero-order chi connectivity index (χ0) is 22.9. The van der Waals surface area contributed by atoms with Crippen LogP contribution in [0, 0.1) is 0 Å². The zero-order valence-electron chi connectivity index (χ0n) is 18.0. The Bertz CT molecular complexity index is 1290. The van der Waals surface area contributed by atoms with Crippen LogP contribution >= 0.6 is 0 Å². The Labute approximate surface area is 190 Å². The summed E-state index contributed by atoms with van der Waals surface area (Å²) in [6, 6.07) is 18.1. The Hall–Kier alpha value is -4.00. The molecule has 1 fully saturated rings. The van der Waals surface area contributed by atoms with Gasteiger partial charge in [0.2, 0.25) is 0 Å². The van der Waals surface area contributed by atoms with Crippen LogP contribution in [0.2, 0.25) is 0 Å². The zero-order valence-corrected chi connectivity index (χ0v) is 18.0. The van der Waals surface area contributed by atoms with Gasteiger partial charge < -0.3 is 15.5 Å². The molecule has 1 aliphatic heterocycles. The average molecular weight is 441 g/mol. The molecule has 2 N–H and O–H groups in total. The van der Waals surface area contributed by atoms with E-state index < -0.39 is 6.04 Å². The minimum Gasteiger partial charge on any atom is -0.334 e. The van der Waals surface area contributed by atoms with Gasteiger partial charge in [-0.15, -0.1) is 0 Å². The topological polar surface area (TPSA) is 95.6 Å². The van der Waals surface area contributed by atoms with Crippen LogP contribution in [0.5, 0.6) is 0 Å².